The Kier molecular flexibility index (Phi) is 5.63. The highest BCUT2D eigenvalue weighted by Crippen LogP contribution is 2.28. The van der Waals surface area contributed by atoms with Crippen LogP contribution in [0.2, 0.25) is 0 Å². The van der Waals surface area contributed by atoms with E-state index in [-0.39, 0.29) is 11.9 Å². The maximum absolute atomic E-state index is 12.2. The largest absolute Gasteiger partial charge is 0.430 e. The van der Waals surface area contributed by atoms with Crippen LogP contribution in [0.4, 0.5) is 0 Å². The molecule has 0 aliphatic carbocycles. The van der Waals surface area contributed by atoms with E-state index < -0.39 is 0 Å². The molecule has 1 N–H and O–H groups in total. The zero-order valence-corrected chi connectivity index (χ0v) is 15.8. The highest BCUT2D eigenvalue weighted by atomic mass is 32.1. The van der Waals surface area contributed by atoms with Crippen molar-refractivity contribution in [2.75, 3.05) is 0 Å². The van der Waals surface area contributed by atoms with E-state index in [0.717, 1.165) is 17.0 Å². The van der Waals surface area contributed by atoms with Crippen molar-refractivity contribution in [2.24, 2.45) is 0 Å². The minimum Gasteiger partial charge on any atom is -0.430 e. The van der Waals surface area contributed by atoms with Crippen molar-refractivity contribution >= 4 is 17.4 Å². The molecule has 0 atom stereocenters. The first kappa shape index (κ1) is 18.1. The predicted octanol–water partition coefficient (Wildman–Crippen LogP) is 4.37. The molecule has 3 rings (SSSR count). The molecule has 3 aromatic rings. The molecule has 134 valence electrons. The normalized spacial score (nSPS) is 10.8. The van der Waals surface area contributed by atoms with Gasteiger partial charge in [-0.1, -0.05) is 36.4 Å². The third-order valence-corrected chi connectivity index (χ3v) is 4.35. The minimum absolute atomic E-state index is 0.0804. The van der Waals surface area contributed by atoms with Crippen LogP contribution in [0.25, 0.3) is 0 Å². The minimum atomic E-state index is -0.119. The van der Waals surface area contributed by atoms with Gasteiger partial charge in [0.05, 0.1) is 0 Å². The van der Waals surface area contributed by atoms with Crippen molar-refractivity contribution < 1.29 is 9.53 Å². The first-order chi connectivity index (χ1) is 12.5. The summed E-state index contributed by atoms with van der Waals surface area (Å²) in [7, 11) is 0. The molecule has 1 aromatic heterocycles. The molecule has 0 fully saturated rings. The van der Waals surface area contributed by atoms with E-state index in [4.69, 9.17) is 4.74 Å². The summed E-state index contributed by atoms with van der Waals surface area (Å²) < 4.78 is 10.2. The summed E-state index contributed by atoms with van der Waals surface area (Å²) in [6.07, 6.45) is 0.663. The number of rotatable bonds is 6. The van der Waals surface area contributed by atoms with E-state index >= 15 is 0 Å². The summed E-state index contributed by atoms with van der Waals surface area (Å²) in [6, 6.07) is 15.6. The first-order valence-electron chi connectivity index (χ1n) is 8.47. The van der Waals surface area contributed by atoms with E-state index in [1.165, 1.54) is 11.5 Å². The lowest BCUT2D eigenvalue weighted by Crippen LogP contribution is -2.30. The third kappa shape index (κ3) is 4.67. The second kappa shape index (κ2) is 8.10. The van der Waals surface area contributed by atoms with Crippen LogP contribution < -0.4 is 10.1 Å². The summed E-state index contributed by atoms with van der Waals surface area (Å²) in [4.78, 5) is 16.6. The molecule has 0 aliphatic rings. The van der Waals surface area contributed by atoms with E-state index in [2.05, 4.69) is 14.7 Å². The molecular formula is C20H21N3O2S. The smallest absolute Gasteiger partial charge is 0.298 e. The number of carbonyl (C=O) groups excluding carboxylic acids is 1. The van der Waals surface area contributed by atoms with E-state index in [1.54, 1.807) is 12.1 Å². The Balaban J connectivity index is 1.73. The van der Waals surface area contributed by atoms with Crippen LogP contribution in [-0.2, 0) is 6.42 Å². The van der Waals surface area contributed by atoms with Crippen LogP contribution in [0.5, 0.6) is 10.9 Å². The molecule has 0 saturated carbocycles. The number of hydrogen-bond donors (Lipinski definition) is 1. The molecule has 6 heteroatoms. The number of aryl methyl sites for hydroxylation is 1. The Bertz CT molecular complexity index is 891. The molecule has 0 bridgehead atoms. The molecule has 0 unspecified atom stereocenters. The van der Waals surface area contributed by atoms with Gasteiger partial charge in [0.25, 0.3) is 11.1 Å². The SMILES string of the molecule is Cc1ccc(C(=O)NC(C)C)cc1Oc1nc(Cc2ccccc2)ns1. The molecular weight excluding hydrogens is 346 g/mol. The van der Waals surface area contributed by atoms with Crippen LogP contribution >= 0.6 is 11.5 Å². The maximum atomic E-state index is 12.2. The molecule has 1 amide bonds. The standard InChI is InChI=1S/C20H21N3O2S/c1-13(2)21-19(24)16-10-9-14(3)17(12-16)25-20-22-18(23-26-20)11-15-7-5-4-6-8-15/h4-10,12-13H,11H2,1-3H3,(H,21,24). The Morgan fingerprint density at radius 3 is 2.69 bits per heavy atom. The van der Waals surface area contributed by atoms with Gasteiger partial charge in [0.2, 0.25) is 0 Å². The van der Waals surface area contributed by atoms with Crippen LogP contribution in [0.15, 0.2) is 48.5 Å². The number of ether oxygens (including phenoxy) is 1. The zero-order valence-electron chi connectivity index (χ0n) is 15.0. The average molecular weight is 367 g/mol. The summed E-state index contributed by atoms with van der Waals surface area (Å²) in [5, 5.41) is 3.35. The number of hydrogen-bond acceptors (Lipinski definition) is 5. The van der Waals surface area contributed by atoms with Gasteiger partial charge in [-0.15, -0.1) is 0 Å². The van der Waals surface area contributed by atoms with Crippen molar-refractivity contribution in [3.63, 3.8) is 0 Å². The highest BCUT2D eigenvalue weighted by molar-refractivity contribution is 7.07. The Morgan fingerprint density at radius 2 is 1.96 bits per heavy atom. The molecule has 26 heavy (non-hydrogen) atoms. The molecule has 0 saturated heterocycles. The number of aromatic nitrogens is 2. The molecule has 2 aromatic carbocycles. The van der Waals surface area contributed by atoms with Gasteiger partial charge in [-0.25, -0.2) is 0 Å². The fourth-order valence-electron chi connectivity index (χ4n) is 2.42. The number of benzene rings is 2. The summed E-state index contributed by atoms with van der Waals surface area (Å²) >= 11 is 1.21. The third-order valence-electron chi connectivity index (χ3n) is 3.72. The van der Waals surface area contributed by atoms with Gasteiger partial charge in [0.15, 0.2) is 5.82 Å². The van der Waals surface area contributed by atoms with Crippen molar-refractivity contribution in [2.45, 2.75) is 33.2 Å². The van der Waals surface area contributed by atoms with E-state index in [0.29, 0.717) is 22.9 Å². The van der Waals surface area contributed by atoms with Gasteiger partial charge in [-0.2, -0.15) is 9.36 Å². The topological polar surface area (TPSA) is 64.1 Å². The van der Waals surface area contributed by atoms with Crippen molar-refractivity contribution in [3.05, 3.63) is 71.0 Å². The lowest BCUT2D eigenvalue weighted by Gasteiger charge is -2.11. The zero-order chi connectivity index (χ0) is 18.5. The number of amides is 1. The Hall–Kier alpha value is -2.73. The summed E-state index contributed by atoms with van der Waals surface area (Å²) in [5.74, 6) is 1.22. The van der Waals surface area contributed by atoms with Crippen LogP contribution in [-0.4, -0.2) is 21.3 Å². The van der Waals surface area contributed by atoms with Gasteiger partial charge in [0, 0.05) is 29.6 Å². The molecule has 1 heterocycles. The van der Waals surface area contributed by atoms with Gasteiger partial charge in [-0.3, -0.25) is 4.79 Å². The number of nitrogens with one attached hydrogen (secondary N) is 1. The van der Waals surface area contributed by atoms with Gasteiger partial charge in [0.1, 0.15) is 5.75 Å². The van der Waals surface area contributed by atoms with Gasteiger partial charge in [-0.05, 0) is 44.0 Å². The summed E-state index contributed by atoms with van der Waals surface area (Å²) in [5.41, 5.74) is 2.65. The fourth-order valence-corrected chi connectivity index (χ4v) is 2.98. The molecule has 0 spiro atoms. The fraction of sp³-hybridized carbons (Fsp3) is 0.250. The van der Waals surface area contributed by atoms with E-state index in [1.807, 2.05) is 57.2 Å². The molecule has 5 nitrogen and oxygen atoms in total. The highest BCUT2D eigenvalue weighted by Gasteiger charge is 2.13. The van der Waals surface area contributed by atoms with Crippen molar-refractivity contribution in [3.8, 4) is 10.9 Å². The van der Waals surface area contributed by atoms with Crippen LogP contribution in [0.1, 0.15) is 41.2 Å². The molecule has 0 aliphatic heterocycles. The first-order valence-corrected chi connectivity index (χ1v) is 9.24. The van der Waals surface area contributed by atoms with E-state index in [9.17, 15) is 4.79 Å². The second-order valence-corrected chi connectivity index (χ2v) is 7.06. The second-order valence-electron chi connectivity index (χ2n) is 6.35. The quantitative estimate of drug-likeness (QED) is 0.703. The van der Waals surface area contributed by atoms with Crippen LogP contribution in [0.3, 0.4) is 0 Å². The lowest BCUT2D eigenvalue weighted by atomic mass is 10.1. The Labute approximate surface area is 157 Å². The van der Waals surface area contributed by atoms with Gasteiger partial charge < -0.3 is 10.1 Å². The predicted molar refractivity (Wildman–Crippen MR) is 103 cm³/mol. The van der Waals surface area contributed by atoms with Crippen LogP contribution in [0, 0.1) is 6.92 Å². The average Bonchev–Trinajstić information content (AvgIpc) is 3.04. The van der Waals surface area contributed by atoms with Crippen molar-refractivity contribution in [1.82, 2.24) is 14.7 Å². The molecule has 0 radical (unpaired) electrons. The number of carbonyl (C=O) groups is 1. The van der Waals surface area contributed by atoms with Crippen molar-refractivity contribution in [1.29, 1.82) is 0 Å². The summed E-state index contributed by atoms with van der Waals surface area (Å²) in [6.45, 7) is 5.80. The monoisotopic (exact) mass is 367 g/mol. The lowest BCUT2D eigenvalue weighted by molar-refractivity contribution is 0.0943. The Morgan fingerprint density at radius 1 is 1.19 bits per heavy atom. The number of nitrogens with zero attached hydrogens (tertiary/aromatic N) is 2. The van der Waals surface area contributed by atoms with Gasteiger partial charge >= 0.3 is 0 Å². The maximum Gasteiger partial charge on any atom is 0.298 e.